The highest BCUT2D eigenvalue weighted by atomic mass is 15.3. The molecular formula is C19H24N6. The molecule has 0 bridgehead atoms. The van der Waals surface area contributed by atoms with E-state index in [1.54, 1.807) is 0 Å². The predicted molar refractivity (Wildman–Crippen MR) is 98.4 cm³/mol. The zero-order valence-electron chi connectivity index (χ0n) is 14.5. The predicted octanol–water partition coefficient (Wildman–Crippen LogP) is 2.27. The average molecular weight is 336 g/mol. The van der Waals surface area contributed by atoms with Gasteiger partial charge in [-0.1, -0.05) is 24.3 Å². The third-order valence-corrected chi connectivity index (χ3v) is 4.58. The van der Waals surface area contributed by atoms with Crippen LogP contribution in [-0.2, 0) is 19.6 Å². The van der Waals surface area contributed by atoms with Crippen molar-refractivity contribution in [2.45, 2.75) is 26.6 Å². The van der Waals surface area contributed by atoms with E-state index in [0.29, 0.717) is 5.92 Å². The number of benzene rings is 1. The first-order chi connectivity index (χ1) is 12.3. The second kappa shape index (κ2) is 7.11. The Morgan fingerprint density at radius 3 is 3.08 bits per heavy atom. The first-order valence-corrected chi connectivity index (χ1v) is 8.79. The van der Waals surface area contributed by atoms with Crippen molar-refractivity contribution in [1.29, 1.82) is 0 Å². The zero-order valence-corrected chi connectivity index (χ0v) is 14.5. The van der Waals surface area contributed by atoms with Gasteiger partial charge in [0.2, 0.25) is 0 Å². The Bertz CT molecular complexity index is 820. The third kappa shape index (κ3) is 3.91. The number of anilines is 1. The fraction of sp³-hybridized carbons (Fsp3) is 0.368. The van der Waals surface area contributed by atoms with E-state index in [-0.39, 0.29) is 0 Å². The Balaban J connectivity index is 1.29. The molecule has 0 radical (unpaired) electrons. The van der Waals surface area contributed by atoms with Gasteiger partial charge in [-0.2, -0.15) is 5.10 Å². The van der Waals surface area contributed by atoms with Gasteiger partial charge >= 0.3 is 0 Å². The number of nitrogens with one attached hydrogen (secondary N) is 2. The lowest BCUT2D eigenvalue weighted by Crippen LogP contribution is -2.35. The van der Waals surface area contributed by atoms with E-state index in [1.165, 1.54) is 11.1 Å². The van der Waals surface area contributed by atoms with Gasteiger partial charge in [-0.3, -0.25) is 0 Å². The topological polar surface area (TPSA) is 59.7 Å². The van der Waals surface area contributed by atoms with E-state index in [0.717, 1.165) is 44.2 Å². The number of aromatic nitrogens is 4. The van der Waals surface area contributed by atoms with Crippen LogP contribution in [0, 0.1) is 12.8 Å². The molecule has 0 spiro atoms. The number of hydrogen-bond donors (Lipinski definition) is 2. The number of hydrogen-bond acceptors (Lipinski definition) is 4. The van der Waals surface area contributed by atoms with E-state index < -0.39 is 0 Å². The van der Waals surface area contributed by atoms with Crippen LogP contribution < -0.4 is 10.6 Å². The molecule has 1 aliphatic heterocycles. The first-order valence-electron chi connectivity index (χ1n) is 8.79. The normalized spacial score (nSPS) is 16.4. The summed E-state index contributed by atoms with van der Waals surface area (Å²) in [5.41, 5.74) is 3.69. The molecule has 0 unspecified atom stereocenters. The SMILES string of the molecule is Cc1cc2n(n1)C[C@H](CNCc1cccc(Cn3ccnc3)c1)CN2. The molecule has 3 aromatic rings. The molecule has 2 aromatic heterocycles. The van der Waals surface area contributed by atoms with Crippen LogP contribution in [0.5, 0.6) is 0 Å². The molecule has 6 heteroatoms. The van der Waals surface area contributed by atoms with Crippen LogP contribution in [-0.4, -0.2) is 32.4 Å². The highest BCUT2D eigenvalue weighted by Crippen LogP contribution is 2.18. The van der Waals surface area contributed by atoms with Crippen LogP contribution in [0.1, 0.15) is 16.8 Å². The smallest absolute Gasteiger partial charge is 0.124 e. The molecule has 1 atom stereocenters. The minimum absolute atomic E-state index is 0.556. The number of rotatable bonds is 6. The molecule has 4 rings (SSSR count). The first kappa shape index (κ1) is 15.9. The van der Waals surface area contributed by atoms with Crippen molar-refractivity contribution in [2.24, 2.45) is 5.92 Å². The Morgan fingerprint density at radius 1 is 1.28 bits per heavy atom. The van der Waals surface area contributed by atoms with Crippen molar-refractivity contribution >= 4 is 5.82 Å². The average Bonchev–Trinajstić information content (AvgIpc) is 3.23. The monoisotopic (exact) mass is 336 g/mol. The van der Waals surface area contributed by atoms with Gasteiger partial charge in [-0.05, 0) is 18.1 Å². The fourth-order valence-electron chi connectivity index (χ4n) is 3.37. The van der Waals surface area contributed by atoms with Gasteiger partial charge in [-0.25, -0.2) is 9.67 Å². The molecule has 1 aromatic carbocycles. The Hall–Kier alpha value is -2.60. The van der Waals surface area contributed by atoms with E-state index >= 15 is 0 Å². The summed E-state index contributed by atoms with van der Waals surface area (Å²) < 4.78 is 4.17. The van der Waals surface area contributed by atoms with Crippen LogP contribution in [0.15, 0.2) is 49.1 Å². The van der Waals surface area contributed by atoms with E-state index in [4.69, 9.17) is 0 Å². The molecule has 25 heavy (non-hydrogen) atoms. The number of imidazole rings is 1. The summed E-state index contributed by atoms with van der Waals surface area (Å²) in [4.78, 5) is 4.10. The molecule has 0 aliphatic carbocycles. The van der Waals surface area contributed by atoms with Crippen LogP contribution in [0.4, 0.5) is 5.82 Å². The summed E-state index contributed by atoms with van der Waals surface area (Å²) in [6, 6.07) is 10.8. The molecular weight excluding hydrogens is 312 g/mol. The maximum Gasteiger partial charge on any atom is 0.124 e. The summed E-state index contributed by atoms with van der Waals surface area (Å²) in [6.07, 6.45) is 5.66. The Morgan fingerprint density at radius 2 is 2.20 bits per heavy atom. The second-order valence-corrected chi connectivity index (χ2v) is 6.79. The van der Waals surface area contributed by atoms with Gasteiger partial charge in [0.15, 0.2) is 0 Å². The van der Waals surface area contributed by atoms with Gasteiger partial charge in [0.05, 0.1) is 12.0 Å². The molecule has 0 saturated carbocycles. The summed E-state index contributed by atoms with van der Waals surface area (Å²) in [6.45, 7) is 6.75. The number of nitrogens with zero attached hydrogens (tertiary/aromatic N) is 4. The van der Waals surface area contributed by atoms with Gasteiger partial charge in [0.25, 0.3) is 0 Å². The van der Waals surface area contributed by atoms with E-state index in [9.17, 15) is 0 Å². The molecule has 1 aliphatic rings. The minimum Gasteiger partial charge on any atom is -0.370 e. The lowest BCUT2D eigenvalue weighted by Gasteiger charge is -2.25. The van der Waals surface area contributed by atoms with Gasteiger partial charge < -0.3 is 15.2 Å². The number of aryl methyl sites for hydroxylation is 1. The lowest BCUT2D eigenvalue weighted by atomic mass is 10.1. The maximum atomic E-state index is 4.53. The Kier molecular flexibility index (Phi) is 4.52. The highest BCUT2D eigenvalue weighted by Gasteiger charge is 2.18. The fourth-order valence-corrected chi connectivity index (χ4v) is 3.37. The molecule has 0 fully saturated rings. The minimum atomic E-state index is 0.556. The van der Waals surface area contributed by atoms with Gasteiger partial charge in [-0.15, -0.1) is 0 Å². The molecule has 6 nitrogen and oxygen atoms in total. The second-order valence-electron chi connectivity index (χ2n) is 6.79. The van der Waals surface area contributed by atoms with Crippen LogP contribution in [0.3, 0.4) is 0 Å². The highest BCUT2D eigenvalue weighted by molar-refractivity contribution is 5.38. The summed E-state index contributed by atoms with van der Waals surface area (Å²) in [5, 5.41) is 11.6. The van der Waals surface area contributed by atoms with Crippen LogP contribution in [0.2, 0.25) is 0 Å². The van der Waals surface area contributed by atoms with Crippen molar-refractivity contribution < 1.29 is 0 Å². The summed E-state index contributed by atoms with van der Waals surface area (Å²) >= 11 is 0. The molecule has 0 saturated heterocycles. The number of fused-ring (bicyclic) bond motifs is 1. The lowest BCUT2D eigenvalue weighted by molar-refractivity contribution is 0.390. The van der Waals surface area contributed by atoms with Crippen LogP contribution in [0.25, 0.3) is 0 Å². The van der Waals surface area contributed by atoms with Gasteiger partial charge in [0.1, 0.15) is 5.82 Å². The van der Waals surface area contributed by atoms with Crippen molar-refractivity contribution in [3.63, 3.8) is 0 Å². The van der Waals surface area contributed by atoms with E-state index in [1.807, 2.05) is 25.6 Å². The van der Waals surface area contributed by atoms with E-state index in [2.05, 4.69) is 60.3 Å². The largest absolute Gasteiger partial charge is 0.370 e. The molecule has 130 valence electrons. The van der Waals surface area contributed by atoms with Crippen molar-refractivity contribution in [3.8, 4) is 0 Å². The standard InChI is InChI=1S/C19H24N6/c1-15-7-19-22-11-18(13-25(19)23-15)10-21-9-16-3-2-4-17(8-16)12-24-6-5-20-14-24/h2-8,14,18,21-22H,9-13H2,1H3/t18-/m1/s1. The van der Waals surface area contributed by atoms with Crippen LogP contribution >= 0.6 is 0 Å². The maximum absolute atomic E-state index is 4.53. The molecule has 0 amide bonds. The summed E-state index contributed by atoms with van der Waals surface area (Å²) in [7, 11) is 0. The van der Waals surface area contributed by atoms with Crippen molar-refractivity contribution in [3.05, 3.63) is 65.9 Å². The van der Waals surface area contributed by atoms with Crippen molar-refractivity contribution in [1.82, 2.24) is 24.6 Å². The zero-order chi connectivity index (χ0) is 17.1. The van der Waals surface area contributed by atoms with Gasteiger partial charge in [0, 0.05) is 57.1 Å². The Labute approximate surface area is 147 Å². The summed E-state index contributed by atoms with van der Waals surface area (Å²) in [5.74, 6) is 1.70. The molecule has 3 heterocycles. The third-order valence-electron chi connectivity index (χ3n) is 4.58. The molecule has 2 N–H and O–H groups in total. The quantitative estimate of drug-likeness (QED) is 0.725. The van der Waals surface area contributed by atoms with Crippen molar-refractivity contribution in [2.75, 3.05) is 18.4 Å².